The van der Waals surface area contributed by atoms with Gasteiger partial charge in [-0.3, -0.25) is 14.7 Å². The number of hydrogen-bond donors (Lipinski definition) is 2. The first-order chi connectivity index (χ1) is 35.1. The molecule has 1 unspecified atom stereocenters. The van der Waals surface area contributed by atoms with Crippen LogP contribution in [0.1, 0.15) is 165 Å². The van der Waals surface area contributed by atoms with Gasteiger partial charge in [0, 0.05) is 52.1 Å². The quantitative estimate of drug-likeness (QED) is 0.0266. The molecule has 0 spiro atoms. The Labute approximate surface area is 428 Å². The summed E-state index contributed by atoms with van der Waals surface area (Å²) in [5.41, 5.74) is 3.03. The molecule has 1 aromatic heterocycles. The molecule has 14 heteroatoms. The number of H-pyrrole nitrogens is 1. The number of benzene rings is 3. The number of ether oxygens (including phenoxy) is 6. The van der Waals surface area contributed by atoms with Gasteiger partial charge in [-0.05, 0) is 111 Å². The molecule has 1 aliphatic heterocycles. The van der Waals surface area contributed by atoms with Gasteiger partial charge in [0.1, 0.15) is 54.4 Å². The highest BCUT2D eigenvalue weighted by molar-refractivity contribution is 6.03. The molecule has 1 saturated carbocycles. The number of unbranched alkanes of at least 4 members (excludes halogenated alkanes) is 5. The number of carbonyl (C=O) groups excluding carboxylic acids is 2. The van der Waals surface area contributed by atoms with Crippen LogP contribution in [0.3, 0.4) is 0 Å². The van der Waals surface area contributed by atoms with E-state index in [0.29, 0.717) is 70.7 Å². The number of nitrogens with one attached hydrogen (secondary N) is 1. The normalized spacial score (nSPS) is 23.5. The van der Waals surface area contributed by atoms with E-state index in [4.69, 9.17) is 28.4 Å². The smallest absolute Gasteiger partial charge is 0.303 e. The van der Waals surface area contributed by atoms with E-state index in [-0.39, 0.29) is 17.8 Å². The average Bonchev–Trinajstić information content (AvgIpc) is 3.91. The first kappa shape index (κ1) is 56.7. The number of amides is 1. The van der Waals surface area contributed by atoms with Crippen LogP contribution in [-0.2, 0) is 57.3 Å². The number of aromatic nitrogens is 3. The Morgan fingerprint density at radius 2 is 1.21 bits per heavy atom. The number of aryl methyl sites for hydroxylation is 3. The lowest BCUT2D eigenvalue weighted by Crippen LogP contribution is -2.73. The number of β-lactam (4-membered cyclic amide) rings is 1. The van der Waals surface area contributed by atoms with Gasteiger partial charge in [-0.2, -0.15) is 5.10 Å². The maximum Gasteiger partial charge on any atom is 0.303 e. The van der Waals surface area contributed by atoms with Crippen molar-refractivity contribution in [3.05, 3.63) is 113 Å². The van der Waals surface area contributed by atoms with Crippen molar-refractivity contribution in [1.82, 2.24) is 15.2 Å². The topological polar surface area (TPSA) is 155 Å². The van der Waals surface area contributed by atoms with Gasteiger partial charge in [0.15, 0.2) is 5.82 Å². The fourth-order valence-corrected chi connectivity index (χ4v) is 10.0. The maximum atomic E-state index is 14.3. The van der Waals surface area contributed by atoms with Crippen molar-refractivity contribution in [2.75, 3.05) is 37.9 Å². The van der Waals surface area contributed by atoms with Gasteiger partial charge in [-0.1, -0.05) is 115 Å². The third kappa shape index (κ3) is 15.3. The monoisotopic (exact) mass is 999 g/mol. The molecule has 2 heterocycles. The van der Waals surface area contributed by atoms with Crippen molar-refractivity contribution in [3.63, 3.8) is 0 Å². The second kappa shape index (κ2) is 29.4. The minimum absolute atomic E-state index is 0.0237. The van der Waals surface area contributed by atoms with Crippen molar-refractivity contribution in [1.29, 1.82) is 0 Å². The Hall–Kier alpha value is -4.57. The van der Waals surface area contributed by atoms with Crippen LogP contribution in [-0.4, -0.2) is 101 Å². The van der Waals surface area contributed by atoms with Crippen molar-refractivity contribution >= 4 is 17.6 Å². The molecule has 2 aliphatic rings. The van der Waals surface area contributed by atoms with Gasteiger partial charge in [-0.25, -0.2) is 9.37 Å². The summed E-state index contributed by atoms with van der Waals surface area (Å²) in [5, 5.41) is 20.4. The highest BCUT2D eigenvalue weighted by atomic mass is 19.1. The number of hydrogen-bond acceptors (Lipinski definition) is 11. The van der Waals surface area contributed by atoms with Crippen LogP contribution in [0.25, 0.3) is 0 Å². The van der Waals surface area contributed by atoms with Crippen molar-refractivity contribution in [3.8, 4) is 0 Å². The first-order valence-corrected chi connectivity index (χ1v) is 27.1. The molecule has 4 aromatic rings. The zero-order valence-electron chi connectivity index (χ0n) is 43.9. The number of esters is 1. The van der Waals surface area contributed by atoms with E-state index in [1.807, 2.05) is 29.2 Å². The second-order valence-corrected chi connectivity index (χ2v) is 19.7. The predicted octanol–water partition coefficient (Wildman–Crippen LogP) is 11.1. The minimum Gasteiger partial charge on any atom is -0.458 e. The largest absolute Gasteiger partial charge is 0.458 e. The number of carbonyl (C=O) groups is 2. The Morgan fingerprint density at radius 1 is 0.694 bits per heavy atom. The molecule has 2 N–H and O–H groups in total. The summed E-state index contributed by atoms with van der Waals surface area (Å²) in [6, 6.07) is 22.1. The number of anilines is 1. The third-order valence-corrected chi connectivity index (χ3v) is 14.2. The lowest BCUT2D eigenvalue weighted by atomic mass is 9.71. The van der Waals surface area contributed by atoms with Crippen LogP contribution in [0.2, 0.25) is 0 Å². The van der Waals surface area contributed by atoms with E-state index >= 15 is 0 Å². The van der Waals surface area contributed by atoms with Crippen molar-refractivity contribution < 1.29 is 47.5 Å². The van der Waals surface area contributed by atoms with E-state index in [9.17, 15) is 19.1 Å². The molecule has 0 radical (unpaired) electrons. The number of nitrogens with zero attached hydrogens (tertiary/aromatic N) is 3. The maximum absolute atomic E-state index is 14.3. The van der Waals surface area contributed by atoms with E-state index in [1.165, 1.54) is 19.1 Å². The highest BCUT2D eigenvalue weighted by Crippen LogP contribution is 2.47. The molecular formula is C58H83FN4O9. The molecule has 3 aromatic carbocycles. The van der Waals surface area contributed by atoms with Gasteiger partial charge in [0.2, 0.25) is 5.91 Å². The summed E-state index contributed by atoms with van der Waals surface area (Å²) in [7, 11) is 0. The SMILES string of the molecule is CCCCO[C@@H]1[C@@H](OCCCC)[C@H](OCCCC)C(O)(CCc2ccc([C@@H]3[C@@H](CC[C@H](OC(C)=O)c4ccc(F)cc4)C(=O)N3c3ccc(CCc4nc[nH]n4)cc3)cc2)[C@H](OCCCC)[C@H]1OCCCC. The fourth-order valence-electron chi connectivity index (χ4n) is 10.0. The molecule has 13 nitrogen and oxygen atoms in total. The molecule has 1 saturated heterocycles. The Kier molecular flexibility index (Phi) is 23.1. The zero-order chi connectivity index (χ0) is 51.3. The van der Waals surface area contributed by atoms with Crippen LogP contribution < -0.4 is 4.90 Å². The summed E-state index contributed by atoms with van der Waals surface area (Å²) >= 11 is 0. The molecule has 9 atom stereocenters. The van der Waals surface area contributed by atoms with E-state index in [1.54, 1.807) is 18.5 Å². The molecule has 396 valence electrons. The van der Waals surface area contributed by atoms with Gasteiger partial charge in [0.05, 0.1) is 12.0 Å². The van der Waals surface area contributed by atoms with Gasteiger partial charge in [-0.15, -0.1) is 0 Å². The zero-order valence-corrected chi connectivity index (χ0v) is 43.9. The lowest BCUT2D eigenvalue weighted by Gasteiger charge is -2.54. The Morgan fingerprint density at radius 3 is 1.72 bits per heavy atom. The predicted molar refractivity (Wildman–Crippen MR) is 277 cm³/mol. The number of halogens is 1. The standard InChI is InChI=1S/C58H83FN4O9/c1-7-12-35-67-52-53(68-36-13-8-2)55(70-38-15-10-4)58(66,56(71-39-16-11-5)54(52)69-37-14-9-3)34-33-43-17-22-45(23-18-43)51-48(30-31-49(72-41(6)64)44-24-26-46(59)27-25-44)57(65)63(51)47-28-19-42(20-29-47)21-32-50-60-40-61-62-50/h17-20,22-29,40,48-49,51-56,66H,7-16,21,30-39H2,1-6H3,(H,60,61,62)/t48-,49+,51-,52-,53-,54+,55+,56-,58?/m1/s1. The molecule has 1 aliphatic carbocycles. The molecule has 2 fully saturated rings. The van der Waals surface area contributed by atoms with Gasteiger partial charge >= 0.3 is 5.97 Å². The van der Waals surface area contributed by atoms with E-state index < -0.39 is 54.1 Å². The van der Waals surface area contributed by atoms with Crippen LogP contribution in [0, 0.1) is 11.7 Å². The fraction of sp³-hybridized carbons (Fsp3) is 0.621. The lowest BCUT2D eigenvalue weighted by molar-refractivity contribution is -0.310. The highest BCUT2D eigenvalue weighted by Gasteiger charge is 2.62. The summed E-state index contributed by atoms with van der Waals surface area (Å²) in [5.74, 6) is -0.522. The summed E-state index contributed by atoms with van der Waals surface area (Å²) in [6.07, 6.45) is 9.95. The number of rotatable bonds is 33. The first-order valence-electron chi connectivity index (χ1n) is 27.1. The molecule has 72 heavy (non-hydrogen) atoms. The second-order valence-electron chi connectivity index (χ2n) is 19.7. The summed E-state index contributed by atoms with van der Waals surface area (Å²) in [4.78, 5) is 32.7. The van der Waals surface area contributed by atoms with Gasteiger partial charge < -0.3 is 38.4 Å². The summed E-state index contributed by atoms with van der Waals surface area (Å²) in [6.45, 7) is 14.5. The summed E-state index contributed by atoms with van der Waals surface area (Å²) < 4.78 is 53.7. The van der Waals surface area contributed by atoms with Crippen molar-refractivity contribution in [2.45, 2.75) is 193 Å². The van der Waals surface area contributed by atoms with Gasteiger partial charge in [0.25, 0.3) is 0 Å². The molecule has 1 amide bonds. The van der Waals surface area contributed by atoms with E-state index in [0.717, 1.165) is 98.8 Å². The Balaban J connectivity index is 1.30. The van der Waals surface area contributed by atoms with Crippen LogP contribution in [0.4, 0.5) is 10.1 Å². The number of aliphatic hydroxyl groups is 1. The molecule has 0 bridgehead atoms. The number of aromatic amines is 1. The molecule has 6 rings (SSSR count). The molecular weight excluding hydrogens is 916 g/mol. The van der Waals surface area contributed by atoms with Crippen molar-refractivity contribution in [2.24, 2.45) is 5.92 Å². The van der Waals surface area contributed by atoms with Crippen LogP contribution in [0.15, 0.2) is 79.1 Å². The Bertz CT molecular complexity index is 2130. The van der Waals surface area contributed by atoms with E-state index in [2.05, 4.69) is 74.1 Å². The average molecular weight is 999 g/mol. The van der Waals surface area contributed by atoms with Crippen LogP contribution in [0.5, 0.6) is 0 Å². The van der Waals surface area contributed by atoms with Crippen LogP contribution >= 0.6 is 0 Å². The minimum atomic E-state index is -1.50. The third-order valence-electron chi connectivity index (χ3n) is 14.2.